The van der Waals surface area contributed by atoms with Crippen LogP contribution in [0.1, 0.15) is 0 Å². The van der Waals surface area contributed by atoms with Crippen LogP contribution in [0.25, 0.3) is 22.6 Å². The van der Waals surface area contributed by atoms with E-state index in [1.54, 1.807) is 18.5 Å². The van der Waals surface area contributed by atoms with Crippen LogP contribution in [-0.2, 0) is 7.05 Å². The van der Waals surface area contributed by atoms with Crippen LogP contribution in [0.3, 0.4) is 0 Å². The molecule has 0 aliphatic heterocycles. The second-order valence-corrected chi connectivity index (χ2v) is 4.01. The minimum absolute atomic E-state index is 0.696. The van der Waals surface area contributed by atoms with Crippen molar-refractivity contribution in [2.45, 2.75) is 0 Å². The molecule has 0 aliphatic carbocycles. The van der Waals surface area contributed by atoms with Gasteiger partial charge in [-0.1, -0.05) is 11.6 Å². The van der Waals surface area contributed by atoms with Gasteiger partial charge in [-0.25, -0.2) is 9.97 Å². The van der Waals surface area contributed by atoms with Crippen LogP contribution in [0.4, 0.5) is 0 Å². The van der Waals surface area contributed by atoms with Crippen LogP contribution in [0.5, 0.6) is 0 Å². The fourth-order valence-corrected chi connectivity index (χ4v) is 1.94. The van der Waals surface area contributed by atoms with E-state index in [4.69, 9.17) is 11.6 Å². The van der Waals surface area contributed by atoms with Gasteiger partial charge < -0.3 is 9.55 Å². The second-order valence-electron chi connectivity index (χ2n) is 3.60. The van der Waals surface area contributed by atoms with E-state index < -0.39 is 0 Å². The third kappa shape index (κ3) is 1.31. The van der Waals surface area contributed by atoms with Crippen molar-refractivity contribution in [3.05, 3.63) is 35.7 Å². The lowest BCUT2D eigenvalue weighted by Gasteiger charge is -1.96. The summed E-state index contributed by atoms with van der Waals surface area (Å²) in [5.74, 6) is 0.870. The van der Waals surface area contributed by atoms with Gasteiger partial charge in [0.15, 0.2) is 5.82 Å². The molecule has 0 aromatic carbocycles. The minimum atomic E-state index is 0.696. The Morgan fingerprint density at radius 1 is 1.31 bits per heavy atom. The Hall–Kier alpha value is -1.81. The highest BCUT2D eigenvalue weighted by atomic mass is 35.5. The van der Waals surface area contributed by atoms with Crippen LogP contribution < -0.4 is 0 Å². The molecular weight excluding hydrogens is 224 g/mol. The molecule has 16 heavy (non-hydrogen) atoms. The summed E-state index contributed by atoms with van der Waals surface area (Å²) in [6, 6.07) is 3.74. The molecule has 0 amide bonds. The largest absolute Gasteiger partial charge is 0.337 e. The van der Waals surface area contributed by atoms with E-state index in [-0.39, 0.29) is 0 Å². The Morgan fingerprint density at radius 3 is 2.88 bits per heavy atom. The van der Waals surface area contributed by atoms with Crippen molar-refractivity contribution in [1.82, 2.24) is 19.5 Å². The molecule has 0 unspecified atom stereocenters. The quantitative estimate of drug-likeness (QED) is 0.701. The number of aromatic nitrogens is 4. The zero-order valence-corrected chi connectivity index (χ0v) is 9.36. The van der Waals surface area contributed by atoms with Crippen molar-refractivity contribution in [3.8, 4) is 11.5 Å². The standard InChI is InChI=1S/C11H9ClN4/c1-16-5-4-14-11(16)9-6-7-8(12)2-3-13-10(7)15-9/h2-6H,1H3,(H,13,15). The molecule has 0 bridgehead atoms. The highest BCUT2D eigenvalue weighted by Crippen LogP contribution is 2.26. The van der Waals surface area contributed by atoms with Crippen LogP contribution in [0, 0.1) is 0 Å². The number of nitrogens with zero attached hydrogens (tertiary/aromatic N) is 3. The van der Waals surface area contributed by atoms with Crippen molar-refractivity contribution in [2.75, 3.05) is 0 Å². The summed E-state index contributed by atoms with van der Waals surface area (Å²) < 4.78 is 1.94. The molecular formula is C11H9ClN4. The van der Waals surface area contributed by atoms with E-state index in [2.05, 4.69) is 15.0 Å². The van der Waals surface area contributed by atoms with E-state index in [1.165, 1.54) is 0 Å². The van der Waals surface area contributed by atoms with Gasteiger partial charge in [0.2, 0.25) is 0 Å². The smallest absolute Gasteiger partial charge is 0.156 e. The lowest BCUT2D eigenvalue weighted by Crippen LogP contribution is -1.90. The molecule has 0 atom stereocenters. The third-order valence-electron chi connectivity index (χ3n) is 2.54. The Balaban J connectivity index is 2.27. The van der Waals surface area contributed by atoms with Gasteiger partial charge in [-0.3, -0.25) is 0 Å². The topological polar surface area (TPSA) is 46.5 Å². The normalized spacial score (nSPS) is 11.1. The van der Waals surface area contributed by atoms with E-state index in [0.29, 0.717) is 5.02 Å². The molecule has 0 spiro atoms. The summed E-state index contributed by atoms with van der Waals surface area (Å²) in [6.45, 7) is 0. The highest BCUT2D eigenvalue weighted by Gasteiger charge is 2.09. The maximum absolute atomic E-state index is 6.08. The number of imidazole rings is 1. The number of hydrogen-bond donors (Lipinski definition) is 1. The number of halogens is 1. The van der Waals surface area contributed by atoms with Crippen LogP contribution >= 0.6 is 11.6 Å². The molecule has 1 N–H and O–H groups in total. The first-order valence-electron chi connectivity index (χ1n) is 4.86. The van der Waals surface area contributed by atoms with Gasteiger partial charge in [0, 0.05) is 31.0 Å². The summed E-state index contributed by atoms with van der Waals surface area (Å²) in [4.78, 5) is 11.7. The van der Waals surface area contributed by atoms with Gasteiger partial charge in [0.25, 0.3) is 0 Å². The van der Waals surface area contributed by atoms with E-state index >= 15 is 0 Å². The van der Waals surface area contributed by atoms with Crippen molar-refractivity contribution in [1.29, 1.82) is 0 Å². The molecule has 3 heterocycles. The minimum Gasteiger partial charge on any atom is -0.337 e. The highest BCUT2D eigenvalue weighted by molar-refractivity contribution is 6.35. The first-order valence-corrected chi connectivity index (χ1v) is 5.24. The Morgan fingerprint density at radius 2 is 2.19 bits per heavy atom. The number of hydrogen-bond acceptors (Lipinski definition) is 2. The molecule has 3 aromatic rings. The molecule has 3 aromatic heterocycles. The summed E-state index contributed by atoms with van der Waals surface area (Å²) in [6.07, 6.45) is 5.34. The lowest BCUT2D eigenvalue weighted by atomic mass is 10.3. The zero-order valence-electron chi connectivity index (χ0n) is 8.61. The number of aryl methyl sites for hydroxylation is 1. The fraction of sp³-hybridized carbons (Fsp3) is 0.0909. The van der Waals surface area contributed by atoms with E-state index in [0.717, 1.165) is 22.6 Å². The van der Waals surface area contributed by atoms with Crippen molar-refractivity contribution < 1.29 is 0 Å². The number of aromatic amines is 1. The van der Waals surface area contributed by atoms with Crippen LogP contribution in [0.2, 0.25) is 5.02 Å². The first kappa shape index (κ1) is 9.42. The molecule has 5 heteroatoms. The van der Waals surface area contributed by atoms with Crippen molar-refractivity contribution in [3.63, 3.8) is 0 Å². The molecule has 80 valence electrons. The van der Waals surface area contributed by atoms with Gasteiger partial charge in [-0.2, -0.15) is 0 Å². The number of H-pyrrole nitrogens is 1. The molecule has 0 fully saturated rings. The summed E-state index contributed by atoms with van der Waals surface area (Å²) in [7, 11) is 1.95. The number of nitrogens with one attached hydrogen (secondary N) is 1. The maximum atomic E-state index is 6.08. The molecule has 4 nitrogen and oxygen atoms in total. The average molecular weight is 233 g/mol. The Bertz CT molecular complexity index is 653. The zero-order chi connectivity index (χ0) is 11.1. The molecule has 0 saturated heterocycles. The van der Waals surface area contributed by atoms with Gasteiger partial charge in [0.1, 0.15) is 5.65 Å². The molecule has 3 rings (SSSR count). The molecule has 0 aliphatic rings. The number of pyridine rings is 1. The van der Waals surface area contributed by atoms with Crippen LogP contribution in [-0.4, -0.2) is 19.5 Å². The van der Waals surface area contributed by atoms with Crippen molar-refractivity contribution >= 4 is 22.6 Å². The van der Waals surface area contributed by atoms with E-state index in [9.17, 15) is 0 Å². The number of rotatable bonds is 1. The predicted molar refractivity (Wildman–Crippen MR) is 63.3 cm³/mol. The third-order valence-corrected chi connectivity index (χ3v) is 2.87. The summed E-state index contributed by atoms with van der Waals surface area (Å²) >= 11 is 6.08. The maximum Gasteiger partial charge on any atom is 0.156 e. The first-order chi connectivity index (χ1) is 7.75. The monoisotopic (exact) mass is 232 g/mol. The molecule has 0 saturated carbocycles. The molecule has 0 radical (unpaired) electrons. The van der Waals surface area contributed by atoms with Crippen LogP contribution in [0.15, 0.2) is 30.7 Å². The van der Waals surface area contributed by atoms with Gasteiger partial charge in [-0.15, -0.1) is 0 Å². The van der Waals surface area contributed by atoms with Gasteiger partial charge in [-0.05, 0) is 12.1 Å². The average Bonchev–Trinajstić information content (AvgIpc) is 2.84. The lowest BCUT2D eigenvalue weighted by molar-refractivity contribution is 0.920. The summed E-state index contributed by atoms with van der Waals surface area (Å²) in [5, 5.41) is 1.61. The second kappa shape index (κ2) is 3.35. The Labute approximate surface area is 96.9 Å². The number of fused-ring (bicyclic) bond motifs is 1. The summed E-state index contributed by atoms with van der Waals surface area (Å²) in [5.41, 5.74) is 1.70. The van der Waals surface area contributed by atoms with E-state index in [1.807, 2.05) is 23.9 Å². The van der Waals surface area contributed by atoms with Crippen molar-refractivity contribution in [2.24, 2.45) is 7.05 Å². The SMILES string of the molecule is Cn1ccnc1-c1cc2c(Cl)ccnc2[nH]1. The fourth-order valence-electron chi connectivity index (χ4n) is 1.74. The van der Waals surface area contributed by atoms with Gasteiger partial charge >= 0.3 is 0 Å². The Kier molecular flexibility index (Phi) is 1.97. The van der Waals surface area contributed by atoms with Gasteiger partial charge in [0.05, 0.1) is 10.7 Å². The predicted octanol–water partition coefficient (Wildman–Crippen LogP) is 2.62.